The number of esters is 1. The second kappa shape index (κ2) is 31.7. The molecule has 0 spiro atoms. The summed E-state index contributed by atoms with van der Waals surface area (Å²) in [5.41, 5.74) is 0. The SMILES string of the molecule is C=CC(=O)OCCOCCOCCOCCOCCOCCOCCOCCOCCOCCOC1CCNCC1. The molecule has 0 aliphatic carbocycles. The molecule has 0 atom stereocenters. The van der Waals surface area contributed by atoms with Crippen LogP contribution in [0.2, 0.25) is 0 Å². The Morgan fingerprint density at radius 2 is 0.805 bits per heavy atom. The van der Waals surface area contributed by atoms with Crippen molar-refractivity contribution in [1.29, 1.82) is 0 Å². The van der Waals surface area contributed by atoms with Gasteiger partial charge < -0.3 is 57.4 Å². The molecule has 0 unspecified atom stereocenters. The highest BCUT2D eigenvalue weighted by molar-refractivity contribution is 5.81. The zero-order chi connectivity index (χ0) is 29.3. The van der Waals surface area contributed by atoms with E-state index in [9.17, 15) is 4.79 Å². The number of nitrogens with one attached hydrogen (secondary N) is 1. The fourth-order valence-corrected chi connectivity index (χ4v) is 3.36. The van der Waals surface area contributed by atoms with Crippen LogP contribution in [0.4, 0.5) is 0 Å². The lowest BCUT2D eigenvalue weighted by molar-refractivity contribution is -0.139. The van der Waals surface area contributed by atoms with Crippen molar-refractivity contribution in [2.45, 2.75) is 18.9 Å². The molecule has 1 fully saturated rings. The molecule has 0 saturated carbocycles. The van der Waals surface area contributed by atoms with Crippen molar-refractivity contribution in [2.75, 3.05) is 145 Å². The van der Waals surface area contributed by atoms with Gasteiger partial charge >= 0.3 is 5.97 Å². The molecular weight excluding hydrogens is 542 g/mol. The van der Waals surface area contributed by atoms with E-state index in [2.05, 4.69) is 11.9 Å². The standard InChI is InChI=1S/C28H53NO12/c1-2-28(30)41-26-24-39-22-20-37-18-16-35-14-12-33-10-8-31-7-9-32-11-13-34-15-17-36-19-21-38-23-25-40-27-3-5-29-6-4-27/h2,27,29H,1,3-26H2. The third-order valence-corrected chi connectivity index (χ3v) is 5.48. The molecule has 41 heavy (non-hydrogen) atoms. The number of carbonyl (C=O) groups excluding carboxylic acids is 1. The van der Waals surface area contributed by atoms with Gasteiger partial charge in [-0.2, -0.15) is 0 Å². The third kappa shape index (κ3) is 28.7. The Balaban J connectivity index is 1.61. The summed E-state index contributed by atoms with van der Waals surface area (Å²) in [6, 6.07) is 0. The predicted octanol–water partition coefficient (Wildman–Crippen LogP) is 0.634. The van der Waals surface area contributed by atoms with Gasteiger partial charge in [0.15, 0.2) is 0 Å². The van der Waals surface area contributed by atoms with E-state index in [-0.39, 0.29) is 6.61 Å². The van der Waals surface area contributed by atoms with Gasteiger partial charge in [-0.15, -0.1) is 0 Å². The van der Waals surface area contributed by atoms with Gasteiger partial charge in [0.05, 0.1) is 132 Å². The lowest BCUT2D eigenvalue weighted by Crippen LogP contribution is -2.33. The lowest BCUT2D eigenvalue weighted by atomic mass is 10.1. The first-order chi connectivity index (χ1) is 20.3. The highest BCUT2D eigenvalue weighted by atomic mass is 16.6. The second-order valence-corrected chi connectivity index (χ2v) is 8.70. The van der Waals surface area contributed by atoms with Crippen molar-refractivity contribution < 1.29 is 56.9 Å². The summed E-state index contributed by atoms with van der Waals surface area (Å²) in [7, 11) is 0. The van der Waals surface area contributed by atoms with Crippen LogP contribution in [0.3, 0.4) is 0 Å². The summed E-state index contributed by atoms with van der Waals surface area (Å²) < 4.78 is 59.5. The number of ether oxygens (including phenoxy) is 11. The Morgan fingerprint density at radius 3 is 1.12 bits per heavy atom. The first-order valence-electron chi connectivity index (χ1n) is 14.6. The maximum atomic E-state index is 10.8. The molecular formula is C28H53NO12. The highest BCUT2D eigenvalue weighted by Gasteiger charge is 2.12. The fraction of sp³-hybridized carbons (Fsp3) is 0.893. The second-order valence-electron chi connectivity index (χ2n) is 8.70. The molecule has 1 saturated heterocycles. The van der Waals surface area contributed by atoms with E-state index < -0.39 is 5.97 Å². The molecule has 242 valence electrons. The molecule has 0 aromatic carbocycles. The summed E-state index contributed by atoms with van der Waals surface area (Å²) in [4.78, 5) is 10.8. The van der Waals surface area contributed by atoms with Crippen LogP contribution in [0.15, 0.2) is 12.7 Å². The van der Waals surface area contributed by atoms with Crippen molar-refractivity contribution in [1.82, 2.24) is 5.32 Å². The number of rotatable bonds is 32. The molecule has 0 aromatic rings. The Morgan fingerprint density at radius 1 is 0.512 bits per heavy atom. The lowest BCUT2D eigenvalue weighted by Gasteiger charge is -2.22. The monoisotopic (exact) mass is 595 g/mol. The molecule has 1 aliphatic rings. The van der Waals surface area contributed by atoms with Gasteiger partial charge in [0, 0.05) is 6.08 Å². The first-order valence-corrected chi connectivity index (χ1v) is 14.6. The molecule has 0 amide bonds. The molecule has 1 aliphatic heterocycles. The van der Waals surface area contributed by atoms with Crippen LogP contribution in [-0.2, 0) is 56.9 Å². The van der Waals surface area contributed by atoms with Crippen molar-refractivity contribution in [3.05, 3.63) is 12.7 Å². The predicted molar refractivity (Wildman–Crippen MR) is 150 cm³/mol. The third-order valence-electron chi connectivity index (χ3n) is 5.48. The van der Waals surface area contributed by atoms with Gasteiger partial charge in [0.2, 0.25) is 0 Å². The van der Waals surface area contributed by atoms with E-state index in [1.165, 1.54) is 0 Å². The Kier molecular flexibility index (Phi) is 29.2. The van der Waals surface area contributed by atoms with E-state index in [1.54, 1.807) is 0 Å². The van der Waals surface area contributed by atoms with Gasteiger partial charge in [0.25, 0.3) is 0 Å². The highest BCUT2D eigenvalue weighted by Crippen LogP contribution is 2.06. The summed E-state index contributed by atoms with van der Waals surface area (Å²) in [6.45, 7) is 15.2. The van der Waals surface area contributed by atoms with E-state index in [4.69, 9.17) is 52.1 Å². The Labute approximate surface area is 245 Å². The largest absolute Gasteiger partial charge is 0.460 e. The zero-order valence-corrected chi connectivity index (χ0v) is 24.7. The fourth-order valence-electron chi connectivity index (χ4n) is 3.36. The van der Waals surface area contributed by atoms with Crippen LogP contribution in [0.5, 0.6) is 0 Å². The first kappa shape index (κ1) is 37.8. The normalized spacial score (nSPS) is 14.0. The zero-order valence-electron chi connectivity index (χ0n) is 24.7. The van der Waals surface area contributed by atoms with Crippen LogP contribution in [-0.4, -0.2) is 157 Å². The van der Waals surface area contributed by atoms with Crippen LogP contribution in [0, 0.1) is 0 Å². The van der Waals surface area contributed by atoms with E-state index >= 15 is 0 Å². The summed E-state index contributed by atoms with van der Waals surface area (Å²) in [5, 5.41) is 3.32. The minimum atomic E-state index is -0.457. The van der Waals surface area contributed by atoms with E-state index in [1.807, 2.05) is 0 Å². The van der Waals surface area contributed by atoms with Gasteiger partial charge in [0.1, 0.15) is 6.61 Å². The minimum absolute atomic E-state index is 0.201. The van der Waals surface area contributed by atoms with Crippen LogP contribution >= 0.6 is 0 Å². The molecule has 0 aromatic heterocycles. The van der Waals surface area contributed by atoms with Gasteiger partial charge in [-0.25, -0.2) is 4.79 Å². The van der Waals surface area contributed by atoms with Crippen molar-refractivity contribution >= 4 is 5.97 Å². The quantitative estimate of drug-likeness (QED) is 0.0664. The summed E-state index contributed by atoms with van der Waals surface area (Å²) in [5.74, 6) is -0.457. The molecule has 1 heterocycles. The molecule has 1 rings (SSSR count). The van der Waals surface area contributed by atoms with Crippen LogP contribution in [0.25, 0.3) is 0 Å². The summed E-state index contributed by atoms with van der Waals surface area (Å²) >= 11 is 0. The number of hydrogen-bond acceptors (Lipinski definition) is 13. The summed E-state index contributed by atoms with van der Waals surface area (Å²) in [6.07, 6.45) is 3.64. The molecule has 0 radical (unpaired) electrons. The molecule has 13 heteroatoms. The van der Waals surface area contributed by atoms with Gasteiger partial charge in [-0.1, -0.05) is 6.58 Å². The van der Waals surface area contributed by atoms with Gasteiger partial charge in [-0.3, -0.25) is 0 Å². The van der Waals surface area contributed by atoms with Crippen molar-refractivity contribution in [2.24, 2.45) is 0 Å². The molecule has 1 N–H and O–H groups in total. The Bertz CT molecular complexity index is 566. The number of carbonyl (C=O) groups is 1. The topological polar surface area (TPSA) is 131 Å². The number of hydrogen-bond donors (Lipinski definition) is 1. The van der Waals surface area contributed by atoms with E-state index in [0.717, 1.165) is 32.0 Å². The smallest absolute Gasteiger partial charge is 0.330 e. The average molecular weight is 596 g/mol. The Hall–Kier alpha value is -1.23. The minimum Gasteiger partial charge on any atom is -0.460 e. The van der Waals surface area contributed by atoms with Crippen molar-refractivity contribution in [3.8, 4) is 0 Å². The molecule has 0 bridgehead atoms. The van der Waals surface area contributed by atoms with Gasteiger partial charge in [-0.05, 0) is 25.9 Å². The maximum absolute atomic E-state index is 10.8. The van der Waals surface area contributed by atoms with E-state index in [0.29, 0.717) is 132 Å². The molecule has 13 nitrogen and oxygen atoms in total. The maximum Gasteiger partial charge on any atom is 0.330 e. The van der Waals surface area contributed by atoms with Crippen LogP contribution < -0.4 is 5.32 Å². The van der Waals surface area contributed by atoms with Crippen molar-refractivity contribution in [3.63, 3.8) is 0 Å². The van der Waals surface area contributed by atoms with Crippen LogP contribution in [0.1, 0.15) is 12.8 Å². The number of piperidine rings is 1. The average Bonchev–Trinajstić information content (AvgIpc) is 3.00.